The number of nitrogen functional groups attached to an aromatic ring is 1. The van der Waals surface area contributed by atoms with Crippen LogP contribution in [-0.2, 0) is 5.41 Å². The highest BCUT2D eigenvalue weighted by atomic mass is 14.8. The van der Waals surface area contributed by atoms with E-state index in [2.05, 4.69) is 25.8 Å². The smallest absolute Gasteiger partial charge is 0.127 e. The van der Waals surface area contributed by atoms with E-state index in [-0.39, 0.29) is 5.41 Å². The normalized spacial score (nSPS) is 11.5. The van der Waals surface area contributed by atoms with Gasteiger partial charge in [-0.1, -0.05) is 26.8 Å². The van der Waals surface area contributed by atoms with Crippen LogP contribution in [-0.4, -0.2) is 4.98 Å². The zero-order valence-corrected chi connectivity index (χ0v) is 7.26. The van der Waals surface area contributed by atoms with Crippen LogP contribution in [0.25, 0.3) is 0 Å². The summed E-state index contributed by atoms with van der Waals surface area (Å²) in [7, 11) is 0. The summed E-state index contributed by atoms with van der Waals surface area (Å²) in [6, 6.07) is 3.93. The highest BCUT2D eigenvalue weighted by Gasteiger charge is 2.16. The van der Waals surface area contributed by atoms with E-state index in [0.717, 1.165) is 5.56 Å². The summed E-state index contributed by atoms with van der Waals surface area (Å²) in [6.07, 6.45) is 1.71. The van der Waals surface area contributed by atoms with Crippen molar-refractivity contribution in [1.29, 1.82) is 0 Å². The van der Waals surface area contributed by atoms with Gasteiger partial charge >= 0.3 is 0 Å². The van der Waals surface area contributed by atoms with Crippen molar-refractivity contribution in [2.75, 3.05) is 5.73 Å². The summed E-state index contributed by atoms with van der Waals surface area (Å²) in [4.78, 5) is 4.02. The molecule has 2 heteroatoms. The van der Waals surface area contributed by atoms with E-state index in [1.165, 1.54) is 0 Å². The van der Waals surface area contributed by atoms with Gasteiger partial charge in [0.15, 0.2) is 0 Å². The van der Waals surface area contributed by atoms with E-state index in [9.17, 15) is 0 Å². The van der Waals surface area contributed by atoms with Gasteiger partial charge in [0.25, 0.3) is 0 Å². The minimum atomic E-state index is 0.0956. The lowest BCUT2D eigenvalue weighted by Gasteiger charge is -2.19. The molecular weight excluding hydrogens is 136 g/mol. The highest BCUT2D eigenvalue weighted by Crippen LogP contribution is 2.25. The number of pyridine rings is 1. The van der Waals surface area contributed by atoms with Gasteiger partial charge in [-0.2, -0.15) is 0 Å². The summed E-state index contributed by atoms with van der Waals surface area (Å²) < 4.78 is 0. The molecule has 11 heavy (non-hydrogen) atoms. The Bertz CT molecular complexity index is 248. The van der Waals surface area contributed by atoms with Crippen LogP contribution in [0.2, 0.25) is 0 Å². The first-order valence-corrected chi connectivity index (χ1v) is 3.73. The van der Waals surface area contributed by atoms with E-state index in [0.29, 0.717) is 5.82 Å². The predicted octanol–water partition coefficient (Wildman–Crippen LogP) is 1.96. The molecule has 0 aliphatic carbocycles. The summed E-state index contributed by atoms with van der Waals surface area (Å²) in [6.45, 7) is 6.38. The van der Waals surface area contributed by atoms with Crippen LogP contribution in [0.5, 0.6) is 0 Å². The van der Waals surface area contributed by atoms with Crippen LogP contribution >= 0.6 is 0 Å². The molecule has 0 amide bonds. The van der Waals surface area contributed by atoms with Crippen LogP contribution in [0.15, 0.2) is 18.3 Å². The molecule has 0 saturated heterocycles. The van der Waals surface area contributed by atoms with Crippen molar-refractivity contribution in [3.05, 3.63) is 23.9 Å². The van der Waals surface area contributed by atoms with Gasteiger partial charge in [-0.05, 0) is 17.0 Å². The molecule has 0 radical (unpaired) electrons. The molecule has 60 valence electrons. The molecule has 0 atom stereocenters. The Hall–Kier alpha value is -1.05. The fraction of sp³-hybridized carbons (Fsp3) is 0.444. The van der Waals surface area contributed by atoms with Gasteiger partial charge in [0.05, 0.1) is 0 Å². The molecule has 0 aliphatic heterocycles. The third-order valence-electron chi connectivity index (χ3n) is 1.65. The SMILES string of the molecule is CC(C)(C)c1cccnc1N. The lowest BCUT2D eigenvalue weighted by molar-refractivity contribution is 0.590. The molecule has 0 spiro atoms. The van der Waals surface area contributed by atoms with Crippen LogP contribution in [0.1, 0.15) is 26.3 Å². The van der Waals surface area contributed by atoms with E-state index < -0.39 is 0 Å². The first kappa shape index (κ1) is 8.05. The van der Waals surface area contributed by atoms with E-state index in [4.69, 9.17) is 5.73 Å². The van der Waals surface area contributed by atoms with E-state index in [1.54, 1.807) is 6.20 Å². The summed E-state index contributed by atoms with van der Waals surface area (Å²) in [5, 5.41) is 0. The van der Waals surface area contributed by atoms with Gasteiger partial charge in [-0.25, -0.2) is 4.98 Å². The van der Waals surface area contributed by atoms with Crippen molar-refractivity contribution >= 4 is 5.82 Å². The van der Waals surface area contributed by atoms with Crippen molar-refractivity contribution < 1.29 is 0 Å². The average molecular weight is 150 g/mol. The van der Waals surface area contributed by atoms with Crippen LogP contribution < -0.4 is 5.73 Å². The molecule has 0 aromatic carbocycles. The number of anilines is 1. The summed E-state index contributed by atoms with van der Waals surface area (Å²) >= 11 is 0. The third-order valence-corrected chi connectivity index (χ3v) is 1.65. The van der Waals surface area contributed by atoms with Crippen molar-refractivity contribution in [3.8, 4) is 0 Å². The van der Waals surface area contributed by atoms with Crippen molar-refractivity contribution in [2.45, 2.75) is 26.2 Å². The quantitative estimate of drug-likeness (QED) is 0.614. The van der Waals surface area contributed by atoms with Crippen LogP contribution in [0.3, 0.4) is 0 Å². The van der Waals surface area contributed by atoms with Gasteiger partial charge in [-0.15, -0.1) is 0 Å². The highest BCUT2D eigenvalue weighted by molar-refractivity contribution is 5.42. The molecule has 1 aromatic heterocycles. The van der Waals surface area contributed by atoms with Crippen molar-refractivity contribution in [2.24, 2.45) is 0 Å². The Morgan fingerprint density at radius 3 is 2.36 bits per heavy atom. The minimum absolute atomic E-state index is 0.0956. The van der Waals surface area contributed by atoms with Crippen LogP contribution in [0, 0.1) is 0 Å². The van der Waals surface area contributed by atoms with E-state index in [1.807, 2.05) is 12.1 Å². The molecule has 0 fully saturated rings. The zero-order chi connectivity index (χ0) is 8.48. The van der Waals surface area contributed by atoms with E-state index >= 15 is 0 Å². The van der Waals surface area contributed by atoms with Gasteiger partial charge in [0.2, 0.25) is 0 Å². The van der Waals surface area contributed by atoms with Gasteiger partial charge in [0, 0.05) is 6.20 Å². The fourth-order valence-corrected chi connectivity index (χ4v) is 1.05. The summed E-state index contributed by atoms with van der Waals surface area (Å²) in [5.41, 5.74) is 6.90. The second-order valence-corrected chi connectivity index (χ2v) is 3.69. The monoisotopic (exact) mass is 150 g/mol. The molecule has 1 heterocycles. The number of nitrogens with two attached hydrogens (primary N) is 1. The second kappa shape index (κ2) is 2.53. The lowest BCUT2D eigenvalue weighted by atomic mass is 9.87. The molecule has 0 aliphatic rings. The Labute approximate surface area is 67.5 Å². The number of hydrogen-bond acceptors (Lipinski definition) is 2. The number of aromatic nitrogens is 1. The maximum Gasteiger partial charge on any atom is 0.127 e. The molecular formula is C9H14N2. The average Bonchev–Trinajstić information content (AvgIpc) is 1.86. The number of rotatable bonds is 0. The zero-order valence-electron chi connectivity index (χ0n) is 7.26. The Morgan fingerprint density at radius 1 is 1.36 bits per heavy atom. The second-order valence-electron chi connectivity index (χ2n) is 3.69. The third kappa shape index (κ3) is 1.70. The lowest BCUT2D eigenvalue weighted by Crippen LogP contribution is -2.14. The van der Waals surface area contributed by atoms with Gasteiger partial charge in [0.1, 0.15) is 5.82 Å². The largest absolute Gasteiger partial charge is 0.383 e. The maximum atomic E-state index is 5.70. The van der Waals surface area contributed by atoms with Crippen molar-refractivity contribution in [3.63, 3.8) is 0 Å². The predicted molar refractivity (Wildman–Crippen MR) is 47.3 cm³/mol. The minimum Gasteiger partial charge on any atom is -0.383 e. The molecule has 1 rings (SSSR count). The molecule has 0 unspecified atom stereocenters. The first-order valence-electron chi connectivity index (χ1n) is 3.73. The standard InChI is InChI=1S/C9H14N2/c1-9(2,3)7-5-4-6-11-8(7)10/h4-6H,1-3H3,(H2,10,11). The Kier molecular flexibility index (Phi) is 1.85. The Morgan fingerprint density at radius 2 is 2.00 bits per heavy atom. The molecule has 2 nitrogen and oxygen atoms in total. The maximum absolute atomic E-state index is 5.70. The van der Waals surface area contributed by atoms with Gasteiger partial charge < -0.3 is 5.73 Å². The van der Waals surface area contributed by atoms with Crippen LogP contribution in [0.4, 0.5) is 5.82 Å². The number of hydrogen-bond donors (Lipinski definition) is 1. The fourth-order valence-electron chi connectivity index (χ4n) is 1.05. The summed E-state index contributed by atoms with van der Waals surface area (Å²) in [5.74, 6) is 0.639. The molecule has 2 N–H and O–H groups in total. The molecule has 0 saturated carbocycles. The van der Waals surface area contributed by atoms with Crippen molar-refractivity contribution in [1.82, 2.24) is 4.98 Å². The first-order chi connectivity index (χ1) is 5.02. The Balaban J connectivity index is 3.14. The number of nitrogens with zero attached hydrogens (tertiary/aromatic N) is 1. The molecule has 1 aromatic rings. The molecule has 0 bridgehead atoms. The van der Waals surface area contributed by atoms with Gasteiger partial charge in [-0.3, -0.25) is 0 Å². The topological polar surface area (TPSA) is 38.9 Å².